The molecule has 2 aliphatic rings. The van der Waals surface area contributed by atoms with Crippen LogP contribution >= 0.6 is 0 Å². The maximum Gasteiger partial charge on any atom is 0.138 e. The van der Waals surface area contributed by atoms with Gasteiger partial charge in [0.2, 0.25) is 0 Å². The number of hydrogen-bond donors (Lipinski definition) is 0. The largest absolute Gasteiger partial charge is 0.492 e. The van der Waals surface area contributed by atoms with Gasteiger partial charge in [-0.2, -0.15) is 0 Å². The summed E-state index contributed by atoms with van der Waals surface area (Å²) in [5, 5.41) is 0. The average molecular weight is 409 g/mol. The maximum absolute atomic E-state index is 11.3. The van der Waals surface area contributed by atoms with Crippen LogP contribution in [-0.2, 0) is 4.79 Å². The predicted octanol–water partition coefficient (Wildman–Crippen LogP) is 4.92. The van der Waals surface area contributed by atoms with Gasteiger partial charge in [-0.15, -0.1) is 0 Å². The molecule has 5 nitrogen and oxygen atoms in total. The van der Waals surface area contributed by atoms with E-state index in [-0.39, 0.29) is 17.8 Å². The Hall–Kier alpha value is -2.56. The third-order valence-electron chi connectivity index (χ3n) is 6.00. The van der Waals surface area contributed by atoms with E-state index >= 15 is 0 Å². The molecule has 0 N–H and O–H groups in total. The summed E-state index contributed by atoms with van der Waals surface area (Å²) in [6.45, 7) is 8.41. The molecule has 0 radical (unpaired) electrons. The number of pyridine rings is 1. The van der Waals surface area contributed by atoms with Gasteiger partial charge in [0, 0.05) is 19.4 Å². The second-order valence-corrected chi connectivity index (χ2v) is 8.92. The first-order valence-electron chi connectivity index (χ1n) is 11.1. The number of anilines is 1. The zero-order chi connectivity index (χ0) is 21.1. The van der Waals surface area contributed by atoms with Crippen LogP contribution in [0.4, 0.5) is 5.82 Å². The topological polar surface area (TPSA) is 51.7 Å². The summed E-state index contributed by atoms with van der Waals surface area (Å²) in [7, 11) is 0. The lowest BCUT2D eigenvalue weighted by Crippen LogP contribution is -2.25. The minimum absolute atomic E-state index is 0.150. The van der Waals surface area contributed by atoms with E-state index < -0.39 is 0 Å². The number of rotatable bonds is 9. The van der Waals surface area contributed by atoms with Crippen LogP contribution in [0.5, 0.6) is 11.5 Å². The summed E-state index contributed by atoms with van der Waals surface area (Å²) in [6, 6.07) is 10.3. The molecular weight excluding hydrogens is 376 g/mol. The average Bonchev–Trinajstić information content (AvgIpc) is 3.44. The van der Waals surface area contributed by atoms with Crippen molar-refractivity contribution in [2.24, 2.45) is 5.92 Å². The fourth-order valence-electron chi connectivity index (χ4n) is 4.08. The zero-order valence-corrected chi connectivity index (χ0v) is 18.3. The summed E-state index contributed by atoms with van der Waals surface area (Å²) in [5.74, 6) is 3.98. The van der Waals surface area contributed by atoms with Crippen molar-refractivity contribution in [2.75, 3.05) is 24.6 Å². The van der Waals surface area contributed by atoms with Crippen LogP contribution in [0, 0.1) is 12.8 Å². The number of ketones is 1. The van der Waals surface area contributed by atoms with Gasteiger partial charge in [0.25, 0.3) is 0 Å². The normalized spacial score (nSPS) is 19.6. The van der Waals surface area contributed by atoms with E-state index in [2.05, 4.69) is 41.9 Å². The number of nitrogens with zero attached hydrogens (tertiary/aromatic N) is 2. The summed E-state index contributed by atoms with van der Waals surface area (Å²) in [6.07, 6.45) is 6.13. The van der Waals surface area contributed by atoms with Gasteiger partial charge in [0.05, 0.1) is 19.3 Å². The Morgan fingerprint density at radius 2 is 1.97 bits per heavy atom. The number of aryl methyl sites for hydroxylation is 1. The number of hydrogen-bond acceptors (Lipinski definition) is 5. The molecule has 2 atom stereocenters. The van der Waals surface area contributed by atoms with Crippen molar-refractivity contribution in [2.45, 2.75) is 58.5 Å². The summed E-state index contributed by atoms with van der Waals surface area (Å²) in [4.78, 5) is 18.3. The molecule has 1 saturated heterocycles. The lowest BCUT2D eigenvalue weighted by atomic mass is 9.96. The Balaban J connectivity index is 1.31. The van der Waals surface area contributed by atoms with Gasteiger partial charge in [-0.25, -0.2) is 4.98 Å². The molecule has 160 valence electrons. The second kappa shape index (κ2) is 9.07. The fourth-order valence-corrected chi connectivity index (χ4v) is 4.08. The van der Waals surface area contributed by atoms with Gasteiger partial charge in [-0.3, -0.25) is 0 Å². The molecule has 1 unspecified atom stereocenters. The Labute approximate surface area is 179 Å². The first-order valence-corrected chi connectivity index (χ1v) is 11.1. The number of ether oxygens (including phenoxy) is 2. The highest BCUT2D eigenvalue weighted by atomic mass is 16.5. The monoisotopic (exact) mass is 408 g/mol. The highest BCUT2D eigenvalue weighted by Crippen LogP contribution is 2.31. The van der Waals surface area contributed by atoms with Crippen molar-refractivity contribution < 1.29 is 14.3 Å². The van der Waals surface area contributed by atoms with Crippen LogP contribution in [0.1, 0.15) is 56.6 Å². The third-order valence-corrected chi connectivity index (χ3v) is 6.00. The quantitative estimate of drug-likeness (QED) is 0.589. The molecule has 30 heavy (non-hydrogen) atoms. The Kier molecular flexibility index (Phi) is 6.26. The lowest BCUT2D eigenvalue weighted by molar-refractivity contribution is -0.117. The molecule has 1 aliphatic heterocycles. The molecule has 2 heterocycles. The standard InChI is InChI=1S/C25H32N2O3/c1-17(12-19(3)28)21-6-8-22(9-7-21)30-23-10-11-27(15-23)25-18(2)13-24(14-26-25)29-16-20-4-5-20/h6-9,13-14,17,20,23H,4-5,10-12,15-16H2,1-3H3/t17-,23?/m1/s1. The number of carbonyl (C=O) groups excluding carboxylic acids is 1. The highest BCUT2D eigenvalue weighted by molar-refractivity contribution is 5.76. The Morgan fingerprint density at radius 1 is 1.20 bits per heavy atom. The van der Waals surface area contributed by atoms with Crippen LogP contribution in [-0.4, -0.2) is 36.6 Å². The van der Waals surface area contributed by atoms with Gasteiger partial charge < -0.3 is 19.2 Å². The second-order valence-electron chi connectivity index (χ2n) is 8.92. The van der Waals surface area contributed by atoms with Crippen LogP contribution < -0.4 is 14.4 Å². The first kappa shape index (κ1) is 20.7. The van der Waals surface area contributed by atoms with Crippen LogP contribution in [0.15, 0.2) is 36.5 Å². The number of carbonyl (C=O) groups is 1. The molecule has 1 aromatic carbocycles. The minimum atomic E-state index is 0.150. The van der Waals surface area contributed by atoms with Gasteiger partial charge in [-0.05, 0) is 67.9 Å². The first-order chi connectivity index (χ1) is 14.5. The van der Waals surface area contributed by atoms with E-state index in [4.69, 9.17) is 9.47 Å². The molecule has 0 spiro atoms. The van der Waals surface area contributed by atoms with E-state index in [0.717, 1.165) is 54.9 Å². The van der Waals surface area contributed by atoms with E-state index in [9.17, 15) is 4.79 Å². The summed E-state index contributed by atoms with van der Waals surface area (Å²) in [5.41, 5.74) is 2.32. The molecule has 1 saturated carbocycles. The molecule has 2 aromatic rings. The van der Waals surface area contributed by atoms with E-state index in [1.54, 1.807) is 6.92 Å². The van der Waals surface area contributed by atoms with Crippen molar-refractivity contribution in [1.29, 1.82) is 0 Å². The SMILES string of the molecule is CC(=O)C[C@@H](C)c1ccc(OC2CCN(c3ncc(OCC4CC4)cc3C)C2)cc1. The van der Waals surface area contributed by atoms with Crippen molar-refractivity contribution in [3.8, 4) is 11.5 Å². The van der Waals surface area contributed by atoms with E-state index in [1.807, 2.05) is 18.3 Å². The fraction of sp³-hybridized carbons (Fsp3) is 0.520. The lowest BCUT2D eigenvalue weighted by Gasteiger charge is -2.20. The maximum atomic E-state index is 11.3. The molecule has 0 amide bonds. The molecule has 5 heteroatoms. The van der Waals surface area contributed by atoms with Crippen molar-refractivity contribution >= 4 is 11.6 Å². The number of Topliss-reactive ketones (excluding diaryl/α,β-unsaturated/α-hetero) is 1. The third kappa shape index (κ3) is 5.32. The Bertz CT molecular complexity index is 876. The smallest absolute Gasteiger partial charge is 0.138 e. The molecule has 2 fully saturated rings. The van der Waals surface area contributed by atoms with Gasteiger partial charge in [0.15, 0.2) is 0 Å². The van der Waals surface area contributed by atoms with Gasteiger partial charge in [-0.1, -0.05) is 19.1 Å². The van der Waals surface area contributed by atoms with Crippen LogP contribution in [0.2, 0.25) is 0 Å². The molecule has 4 rings (SSSR count). The van der Waals surface area contributed by atoms with E-state index in [1.165, 1.54) is 18.4 Å². The predicted molar refractivity (Wildman–Crippen MR) is 119 cm³/mol. The zero-order valence-electron chi connectivity index (χ0n) is 18.3. The molecule has 1 aromatic heterocycles. The number of aromatic nitrogens is 1. The van der Waals surface area contributed by atoms with Crippen molar-refractivity contribution in [1.82, 2.24) is 4.98 Å². The Morgan fingerprint density at radius 3 is 2.63 bits per heavy atom. The molecular formula is C25H32N2O3. The van der Waals surface area contributed by atoms with Crippen molar-refractivity contribution in [3.63, 3.8) is 0 Å². The van der Waals surface area contributed by atoms with Gasteiger partial charge in [0.1, 0.15) is 29.2 Å². The molecule has 0 bridgehead atoms. The number of benzene rings is 1. The summed E-state index contributed by atoms with van der Waals surface area (Å²) >= 11 is 0. The minimum Gasteiger partial charge on any atom is -0.492 e. The highest BCUT2D eigenvalue weighted by Gasteiger charge is 2.26. The van der Waals surface area contributed by atoms with Gasteiger partial charge >= 0.3 is 0 Å². The summed E-state index contributed by atoms with van der Waals surface area (Å²) < 4.78 is 12.1. The van der Waals surface area contributed by atoms with Crippen LogP contribution in [0.3, 0.4) is 0 Å². The van der Waals surface area contributed by atoms with Crippen molar-refractivity contribution in [3.05, 3.63) is 47.7 Å². The van der Waals surface area contributed by atoms with E-state index in [0.29, 0.717) is 6.42 Å². The van der Waals surface area contributed by atoms with Crippen LogP contribution in [0.25, 0.3) is 0 Å². The molecule has 1 aliphatic carbocycles.